The first-order chi connectivity index (χ1) is 8.13. The number of carbonyl (C=O) groups excluding carboxylic acids is 1. The van der Waals surface area contributed by atoms with Crippen LogP contribution >= 0.6 is 0 Å². The largest absolute Gasteiger partial charge is 0.368 e. The first-order valence-electron chi connectivity index (χ1n) is 6.27. The lowest BCUT2D eigenvalue weighted by Crippen LogP contribution is -2.48. The number of fused-ring (bicyclic) bond motifs is 1. The molecular weight excluding hydrogens is 212 g/mol. The number of amides is 1. The van der Waals surface area contributed by atoms with Crippen LogP contribution in [-0.4, -0.2) is 18.5 Å². The van der Waals surface area contributed by atoms with E-state index in [1.165, 1.54) is 11.3 Å². The fraction of sp³-hybridized carbons (Fsp3) is 0.500. The molecule has 2 unspecified atom stereocenters. The van der Waals surface area contributed by atoms with E-state index in [-0.39, 0.29) is 11.9 Å². The Bertz CT molecular complexity index is 416. The number of para-hydroxylation sites is 1. The van der Waals surface area contributed by atoms with E-state index in [0.29, 0.717) is 5.92 Å². The summed E-state index contributed by atoms with van der Waals surface area (Å²) < 4.78 is 0. The lowest BCUT2D eigenvalue weighted by atomic mass is 9.92. The van der Waals surface area contributed by atoms with Gasteiger partial charge in [-0.25, -0.2) is 0 Å². The van der Waals surface area contributed by atoms with Crippen molar-refractivity contribution >= 4 is 11.6 Å². The molecule has 2 rings (SSSR count). The van der Waals surface area contributed by atoms with Gasteiger partial charge in [0.15, 0.2) is 0 Å². The van der Waals surface area contributed by atoms with Crippen LogP contribution in [0.15, 0.2) is 24.3 Å². The highest BCUT2D eigenvalue weighted by atomic mass is 16.1. The molecule has 2 N–H and O–H groups in total. The molecule has 0 saturated carbocycles. The van der Waals surface area contributed by atoms with Crippen molar-refractivity contribution < 1.29 is 4.79 Å². The van der Waals surface area contributed by atoms with Crippen LogP contribution in [-0.2, 0) is 11.2 Å². The Morgan fingerprint density at radius 1 is 1.53 bits per heavy atom. The zero-order valence-electron chi connectivity index (χ0n) is 10.5. The smallest absolute Gasteiger partial charge is 0.240 e. The molecule has 1 aromatic rings. The number of carbonyl (C=O) groups is 1. The van der Waals surface area contributed by atoms with Gasteiger partial charge in [-0.15, -0.1) is 0 Å². The molecule has 3 heteroatoms. The number of hydrogen-bond acceptors (Lipinski definition) is 2. The molecule has 0 radical (unpaired) electrons. The molecule has 1 aliphatic rings. The van der Waals surface area contributed by atoms with Crippen LogP contribution in [0.2, 0.25) is 0 Å². The molecule has 92 valence electrons. The second-order valence-electron chi connectivity index (χ2n) is 4.92. The summed E-state index contributed by atoms with van der Waals surface area (Å²) >= 11 is 0. The van der Waals surface area contributed by atoms with Crippen molar-refractivity contribution in [3.63, 3.8) is 0 Å². The molecule has 0 saturated heterocycles. The minimum absolute atomic E-state index is 0.182. The van der Waals surface area contributed by atoms with Crippen LogP contribution in [0.25, 0.3) is 0 Å². The van der Waals surface area contributed by atoms with Crippen LogP contribution in [0, 0.1) is 5.92 Å². The summed E-state index contributed by atoms with van der Waals surface area (Å²) in [5.41, 5.74) is 8.00. The summed E-state index contributed by atoms with van der Waals surface area (Å²) in [7, 11) is 0. The van der Waals surface area contributed by atoms with E-state index in [9.17, 15) is 4.79 Å². The fourth-order valence-corrected chi connectivity index (χ4v) is 2.71. The third-order valence-corrected chi connectivity index (χ3v) is 3.47. The molecule has 0 aliphatic carbocycles. The Labute approximate surface area is 103 Å². The van der Waals surface area contributed by atoms with Gasteiger partial charge < -0.3 is 10.6 Å². The van der Waals surface area contributed by atoms with Gasteiger partial charge in [-0.2, -0.15) is 0 Å². The van der Waals surface area contributed by atoms with Crippen molar-refractivity contribution in [1.82, 2.24) is 0 Å². The minimum Gasteiger partial charge on any atom is -0.368 e. The Balaban J connectivity index is 2.38. The van der Waals surface area contributed by atoms with E-state index in [0.717, 1.165) is 19.4 Å². The molecule has 1 heterocycles. The highest BCUT2D eigenvalue weighted by Crippen LogP contribution is 2.31. The molecule has 3 nitrogen and oxygen atoms in total. The van der Waals surface area contributed by atoms with E-state index < -0.39 is 0 Å². The molecule has 0 aromatic heterocycles. The normalized spacial score (nSPS) is 20.8. The Morgan fingerprint density at radius 2 is 2.24 bits per heavy atom. The van der Waals surface area contributed by atoms with Gasteiger partial charge in [-0.3, -0.25) is 4.79 Å². The predicted molar refractivity (Wildman–Crippen MR) is 69.9 cm³/mol. The standard InChI is InChI=1S/C14H20N2O/c1-3-12(14(15)17)16-9-10(2)8-11-6-4-5-7-13(11)16/h4-7,10,12H,3,8-9H2,1-2H3,(H2,15,17). The number of nitrogens with two attached hydrogens (primary N) is 1. The topological polar surface area (TPSA) is 46.3 Å². The highest BCUT2D eigenvalue weighted by molar-refractivity contribution is 5.84. The number of benzene rings is 1. The third kappa shape index (κ3) is 2.28. The summed E-state index contributed by atoms with van der Waals surface area (Å²) in [5, 5.41) is 0. The molecule has 1 aromatic carbocycles. The molecule has 1 aliphatic heterocycles. The van der Waals surface area contributed by atoms with E-state index in [1.807, 2.05) is 13.0 Å². The third-order valence-electron chi connectivity index (χ3n) is 3.47. The van der Waals surface area contributed by atoms with E-state index in [4.69, 9.17) is 5.73 Å². The van der Waals surface area contributed by atoms with Crippen LogP contribution in [0.4, 0.5) is 5.69 Å². The van der Waals surface area contributed by atoms with Crippen LogP contribution in [0.3, 0.4) is 0 Å². The zero-order valence-corrected chi connectivity index (χ0v) is 10.5. The molecule has 17 heavy (non-hydrogen) atoms. The predicted octanol–water partition coefficient (Wildman–Crippen LogP) is 1.95. The maximum absolute atomic E-state index is 11.5. The van der Waals surface area contributed by atoms with Gasteiger partial charge in [-0.1, -0.05) is 32.0 Å². The van der Waals surface area contributed by atoms with Crippen molar-refractivity contribution in [1.29, 1.82) is 0 Å². The molecule has 0 bridgehead atoms. The second-order valence-corrected chi connectivity index (χ2v) is 4.92. The number of nitrogens with zero attached hydrogens (tertiary/aromatic N) is 1. The molecule has 1 amide bonds. The maximum atomic E-state index is 11.5. The summed E-state index contributed by atoms with van der Waals surface area (Å²) in [5.74, 6) is 0.342. The van der Waals surface area contributed by atoms with Crippen molar-refractivity contribution in [2.24, 2.45) is 11.7 Å². The summed E-state index contributed by atoms with van der Waals surface area (Å²) in [4.78, 5) is 13.7. The lowest BCUT2D eigenvalue weighted by molar-refractivity contribution is -0.119. The van der Waals surface area contributed by atoms with Crippen LogP contribution < -0.4 is 10.6 Å². The highest BCUT2D eigenvalue weighted by Gasteiger charge is 2.29. The number of primary amides is 1. The fourth-order valence-electron chi connectivity index (χ4n) is 2.71. The van der Waals surface area contributed by atoms with Gasteiger partial charge >= 0.3 is 0 Å². The first kappa shape index (κ1) is 12.0. The number of rotatable bonds is 3. The van der Waals surface area contributed by atoms with Gasteiger partial charge in [-0.05, 0) is 30.4 Å². The summed E-state index contributed by atoms with van der Waals surface area (Å²) in [6.07, 6.45) is 1.85. The van der Waals surface area contributed by atoms with Crippen molar-refractivity contribution in [3.8, 4) is 0 Å². The zero-order chi connectivity index (χ0) is 12.4. The second kappa shape index (κ2) is 4.78. The first-order valence-corrected chi connectivity index (χ1v) is 6.27. The average molecular weight is 232 g/mol. The van der Waals surface area contributed by atoms with Gasteiger partial charge in [0.2, 0.25) is 5.91 Å². The Morgan fingerprint density at radius 3 is 2.88 bits per heavy atom. The van der Waals surface area contributed by atoms with Crippen LogP contribution in [0.1, 0.15) is 25.8 Å². The average Bonchev–Trinajstić information content (AvgIpc) is 2.29. The Kier molecular flexibility index (Phi) is 3.36. The van der Waals surface area contributed by atoms with Gasteiger partial charge in [0.1, 0.15) is 6.04 Å². The Hall–Kier alpha value is -1.51. The number of anilines is 1. The van der Waals surface area contributed by atoms with Crippen molar-refractivity contribution in [3.05, 3.63) is 29.8 Å². The summed E-state index contributed by atoms with van der Waals surface area (Å²) in [6, 6.07) is 8.13. The molecular formula is C14H20N2O. The minimum atomic E-state index is -0.226. The van der Waals surface area contributed by atoms with Crippen molar-refractivity contribution in [2.75, 3.05) is 11.4 Å². The van der Waals surface area contributed by atoms with Gasteiger partial charge in [0.25, 0.3) is 0 Å². The summed E-state index contributed by atoms with van der Waals surface area (Å²) in [6.45, 7) is 5.15. The molecule has 0 spiro atoms. The van der Waals surface area contributed by atoms with E-state index in [1.54, 1.807) is 0 Å². The maximum Gasteiger partial charge on any atom is 0.240 e. The molecule has 2 atom stereocenters. The van der Waals surface area contributed by atoms with E-state index >= 15 is 0 Å². The lowest BCUT2D eigenvalue weighted by Gasteiger charge is -2.38. The monoisotopic (exact) mass is 232 g/mol. The quantitative estimate of drug-likeness (QED) is 0.865. The SMILES string of the molecule is CCC(C(N)=O)N1CC(C)Cc2ccccc21. The van der Waals surface area contributed by atoms with Crippen LogP contribution in [0.5, 0.6) is 0 Å². The van der Waals surface area contributed by atoms with Gasteiger partial charge in [0.05, 0.1) is 0 Å². The molecule has 0 fully saturated rings. The van der Waals surface area contributed by atoms with Gasteiger partial charge in [0, 0.05) is 12.2 Å². The van der Waals surface area contributed by atoms with E-state index in [2.05, 4.69) is 30.0 Å². The van der Waals surface area contributed by atoms with Crippen molar-refractivity contribution in [2.45, 2.75) is 32.7 Å². The number of hydrogen-bond donors (Lipinski definition) is 1.